The normalized spacial score (nSPS) is 25.9. The molecule has 3 heterocycles. The molecule has 0 bridgehead atoms. The topological polar surface area (TPSA) is 81.2 Å². The van der Waals surface area contributed by atoms with E-state index < -0.39 is 54.1 Å². The van der Waals surface area contributed by atoms with Crippen molar-refractivity contribution in [3.63, 3.8) is 0 Å². The van der Waals surface area contributed by atoms with E-state index in [1.807, 2.05) is 30.3 Å². The van der Waals surface area contributed by atoms with Crippen LogP contribution in [0.5, 0.6) is 5.75 Å². The van der Waals surface area contributed by atoms with Gasteiger partial charge in [-0.25, -0.2) is 9.78 Å². The highest BCUT2D eigenvalue weighted by molar-refractivity contribution is 5.77. The number of benzene rings is 1. The minimum Gasteiger partial charge on any atom is -0.496 e. The lowest BCUT2D eigenvalue weighted by Gasteiger charge is -2.34. The zero-order chi connectivity index (χ0) is 34.5. The van der Waals surface area contributed by atoms with Crippen molar-refractivity contribution in [3.8, 4) is 16.9 Å². The average Bonchev–Trinajstić information content (AvgIpc) is 3.27. The van der Waals surface area contributed by atoms with Crippen LogP contribution in [0.15, 0.2) is 53.6 Å². The fourth-order valence-electron chi connectivity index (χ4n) is 6.88. The second kappa shape index (κ2) is 12.7. The summed E-state index contributed by atoms with van der Waals surface area (Å²) in [4.78, 5) is 33.5. The van der Waals surface area contributed by atoms with E-state index >= 15 is 0 Å². The van der Waals surface area contributed by atoms with E-state index in [-0.39, 0.29) is 30.4 Å². The molecule has 1 aromatic carbocycles. The number of aromatic nitrogens is 1. The van der Waals surface area contributed by atoms with Gasteiger partial charge in [0, 0.05) is 35.7 Å². The molecule has 6 rings (SSSR count). The molecule has 1 saturated carbocycles. The summed E-state index contributed by atoms with van der Waals surface area (Å²) in [5.41, 5.74) is 0.0320. The molecule has 8 nitrogen and oxygen atoms in total. The predicted octanol–water partition coefficient (Wildman–Crippen LogP) is 7.34. The summed E-state index contributed by atoms with van der Waals surface area (Å²) in [5.74, 6) is -0.441. The van der Waals surface area contributed by atoms with Crippen LogP contribution >= 0.6 is 0 Å². The van der Waals surface area contributed by atoms with E-state index in [1.54, 1.807) is 6.92 Å². The van der Waals surface area contributed by atoms with Crippen molar-refractivity contribution >= 4 is 17.9 Å². The van der Waals surface area contributed by atoms with Crippen LogP contribution in [0.3, 0.4) is 0 Å². The number of amides is 1. The molecule has 14 heteroatoms. The van der Waals surface area contributed by atoms with Gasteiger partial charge in [-0.1, -0.05) is 12.1 Å². The minimum absolute atomic E-state index is 0.112. The summed E-state index contributed by atoms with van der Waals surface area (Å²) in [6.07, 6.45) is -9.76. The zero-order valence-electron chi connectivity index (χ0n) is 26.5. The van der Waals surface area contributed by atoms with Gasteiger partial charge in [0.05, 0.1) is 44.0 Å². The minimum atomic E-state index is -5.01. The van der Waals surface area contributed by atoms with Crippen LogP contribution in [0.25, 0.3) is 11.1 Å². The van der Waals surface area contributed by atoms with E-state index in [1.165, 1.54) is 19.1 Å². The number of carbonyl (C=O) groups is 2. The van der Waals surface area contributed by atoms with Crippen LogP contribution in [0, 0.1) is 11.8 Å². The van der Waals surface area contributed by atoms with E-state index in [2.05, 4.69) is 4.90 Å². The summed E-state index contributed by atoms with van der Waals surface area (Å²) in [7, 11) is 2.89. The smallest absolute Gasteiger partial charge is 0.416 e. The standard InChI is InChI=1S/C34H35F6N3O5/c1-18-30(21-13-23(33(35,36)37)16-24(14-21)34(38,39)40)48-32(45)43(18)17-27-25(6-8-29(41-27)42-9-4-10-42)26-15-19(5-7-28(26)46-2)20-11-22(12-20)31(44)47-3/h5-8,13,15-16,18,20-22,30H,4,9-12,14,17H2,1-3H3/t18-,20?,21?,22?,30-/m0/s1. The van der Waals surface area contributed by atoms with Crippen molar-refractivity contribution in [2.75, 3.05) is 32.2 Å². The summed E-state index contributed by atoms with van der Waals surface area (Å²) in [6.45, 7) is 3.03. The summed E-state index contributed by atoms with van der Waals surface area (Å²) in [6, 6.07) is 8.59. The highest BCUT2D eigenvalue weighted by Gasteiger charge is 2.48. The molecule has 1 unspecified atom stereocenters. The number of rotatable bonds is 8. The maximum Gasteiger partial charge on any atom is 0.416 e. The molecule has 0 spiro atoms. The number of hydrogen-bond acceptors (Lipinski definition) is 7. The molecular formula is C34H35F6N3O5. The Balaban J connectivity index is 1.32. The summed E-state index contributed by atoms with van der Waals surface area (Å²) < 4.78 is 98.0. The number of ether oxygens (including phenoxy) is 3. The van der Waals surface area contributed by atoms with Gasteiger partial charge in [0.15, 0.2) is 0 Å². The van der Waals surface area contributed by atoms with Crippen molar-refractivity contribution < 1.29 is 50.1 Å². The number of methoxy groups -OCH3 is 2. The number of esters is 1. The Hall–Kier alpha value is -4.23. The van der Waals surface area contributed by atoms with Gasteiger partial charge < -0.3 is 19.1 Å². The molecule has 48 heavy (non-hydrogen) atoms. The largest absolute Gasteiger partial charge is 0.496 e. The molecule has 258 valence electrons. The van der Waals surface area contributed by atoms with E-state index in [9.17, 15) is 35.9 Å². The molecule has 3 atom stereocenters. The molecule has 1 aromatic heterocycles. The van der Waals surface area contributed by atoms with Gasteiger partial charge in [0.1, 0.15) is 17.7 Å². The third-order valence-corrected chi connectivity index (χ3v) is 9.85. The molecule has 2 aliphatic heterocycles. The van der Waals surface area contributed by atoms with Crippen LogP contribution < -0.4 is 9.64 Å². The molecule has 1 amide bonds. The summed E-state index contributed by atoms with van der Waals surface area (Å²) in [5, 5.41) is 0. The molecule has 2 aliphatic carbocycles. The second-order valence-electron chi connectivity index (χ2n) is 12.7. The number of cyclic esters (lactones) is 1. The third-order valence-electron chi connectivity index (χ3n) is 9.85. The second-order valence-corrected chi connectivity index (χ2v) is 12.7. The Morgan fingerprint density at radius 3 is 2.35 bits per heavy atom. The lowest BCUT2D eigenvalue weighted by atomic mass is 9.71. The predicted molar refractivity (Wildman–Crippen MR) is 162 cm³/mol. The molecular weight excluding hydrogens is 644 g/mol. The average molecular weight is 680 g/mol. The van der Waals surface area contributed by atoms with Crippen LogP contribution in [0.4, 0.5) is 37.0 Å². The quantitative estimate of drug-likeness (QED) is 0.213. The lowest BCUT2D eigenvalue weighted by Crippen LogP contribution is -2.39. The lowest BCUT2D eigenvalue weighted by molar-refractivity contribution is -0.148. The first kappa shape index (κ1) is 33.7. The highest BCUT2D eigenvalue weighted by atomic mass is 19.4. The first-order chi connectivity index (χ1) is 22.7. The third kappa shape index (κ3) is 6.45. The van der Waals surface area contributed by atoms with Crippen molar-refractivity contribution in [3.05, 3.63) is 64.9 Å². The molecule has 3 fully saturated rings. The first-order valence-corrected chi connectivity index (χ1v) is 15.7. The van der Waals surface area contributed by atoms with Crippen molar-refractivity contribution in [2.24, 2.45) is 11.8 Å². The number of alkyl halides is 6. The van der Waals surface area contributed by atoms with E-state index in [4.69, 9.17) is 19.2 Å². The number of anilines is 1. The summed E-state index contributed by atoms with van der Waals surface area (Å²) >= 11 is 0. The van der Waals surface area contributed by atoms with Gasteiger partial charge in [0.25, 0.3) is 0 Å². The Bertz CT molecular complexity index is 1640. The SMILES string of the molecule is COC(=O)C1CC(c2ccc(OC)c(-c3ccc(N4CCC4)nc3CN3C(=O)O[C@H](C4C=C(C(F)(F)F)C=C(C(F)(F)F)C4)[C@@H]3C)c2)C1. The van der Waals surface area contributed by atoms with Gasteiger partial charge in [-0.2, -0.15) is 26.3 Å². The number of hydrogen-bond donors (Lipinski definition) is 0. The van der Waals surface area contributed by atoms with Crippen LogP contribution in [0.2, 0.25) is 0 Å². The van der Waals surface area contributed by atoms with Crippen LogP contribution in [-0.4, -0.2) is 73.8 Å². The Labute approximate surface area is 273 Å². The first-order valence-electron chi connectivity index (χ1n) is 15.7. The number of halogens is 6. The monoisotopic (exact) mass is 679 g/mol. The van der Waals surface area contributed by atoms with Gasteiger partial charge in [-0.15, -0.1) is 0 Å². The van der Waals surface area contributed by atoms with Crippen LogP contribution in [0.1, 0.15) is 49.8 Å². The van der Waals surface area contributed by atoms with Crippen molar-refractivity contribution in [2.45, 2.75) is 69.6 Å². The number of nitrogens with zero attached hydrogens (tertiary/aromatic N) is 3. The van der Waals surface area contributed by atoms with Gasteiger partial charge in [-0.3, -0.25) is 9.69 Å². The van der Waals surface area contributed by atoms with E-state index in [0.29, 0.717) is 41.2 Å². The molecule has 4 aliphatic rings. The molecule has 0 radical (unpaired) electrons. The number of allylic oxidation sites excluding steroid dienone is 3. The molecule has 2 saturated heterocycles. The Kier molecular flexibility index (Phi) is 8.88. The highest BCUT2D eigenvalue weighted by Crippen LogP contribution is 2.46. The van der Waals surface area contributed by atoms with Gasteiger partial charge in [0.2, 0.25) is 0 Å². The fraction of sp³-hybridized carbons (Fsp3) is 0.500. The maximum absolute atomic E-state index is 13.7. The maximum atomic E-state index is 13.7. The molecule has 2 aromatic rings. The fourth-order valence-corrected chi connectivity index (χ4v) is 6.88. The number of pyridine rings is 1. The number of carbonyl (C=O) groups excluding carboxylic acids is 2. The van der Waals surface area contributed by atoms with Crippen molar-refractivity contribution in [1.82, 2.24) is 9.88 Å². The van der Waals surface area contributed by atoms with E-state index in [0.717, 1.165) is 31.1 Å². The van der Waals surface area contributed by atoms with Gasteiger partial charge in [-0.05, 0) is 74.4 Å². The Morgan fingerprint density at radius 1 is 1.02 bits per heavy atom. The Morgan fingerprint density at radius 2 is 1.75 bits per heavy atom. The molecule has 0 N–H and O–H groups in total. The van der Waals surface area contributed by atoms with Crippen LogP contribution in [-0.2, 0) is 20.8 Å². The van der Waals surface area contributed by atoms with Gasteiger partial charge >= 0.3 is 24.4 Å². The van der Waals surface area contributed by atoms with Crippen molar-refractivity contribution in [1.29, 1.82) is 0 Å². The zero-order valence-corrected chi connectivity index (χ0v) is 26.5.